The highest BCUT2D eigenvalue weighted by Gasteiger charge is 2.17. The second kappa shape index (κ2) is 6.19. The van der Waals surface area contributed by atoms with Crippen LogP contribution in [0.2, 0.25) is 0 Å². The standard InChI is InChI=1S/C14H18N4OS/c19-13(17-7-2-4-15-5-8-17)11-18-9-6-16-14(18)12-3-1-10-20-12/h1,3,6,9-10,15H,2,4-5,7-8,11H2. The minimum atomic E-state index is 0.171. The van der Waals surface area contributed by atoms with E-state index in [2.05, 4.69) is 10.3 Å². The lowest BCUT2D eigenvalue weighted by atomic mass is 10.3. The molecule has 0 radical (unpaired) electrons. The van der Waals surface area contributed by atoms with Crippen LogP contribution >= 0.6 is 11.3 Å². The topological polar surface area (TPSA) is 50.2 Å². The molecule has 0 atom stereocenters. The Labute approximate surface area is 122 Å². The van der Waals surface area contributed by atoms with Gasteiger partial charge in [-0.15, -0.1) is 11.3 Å². The lowest BCUT2D eigenvalue weighted by Gasteiger charge is -2.20. The molecule has 1 N–H and O–H groups in total. The van der Waals surface area contributed by atoms with Gasteiger partial charge in [-0.3, -0.25) is 4.79 Å². The summed E-state index contributed by atoms with van der Waals surface area (Å²) in [5.41, 5.74) is 0. The van der Waals surface area contributed by atoms with E-state index in [1.165, 1.54) is 0 Å². The van der Waals surface area contributed by atoms with Gasteiger partial charge in [0.1, 0.15) is 12.4 Å². The Morgan fingerprint density at radius 1 is 1.40 bits per heavy atom. The molecule has 0 bridgehead atoms. The maximum Gasteiger partial charge on any atom is 0.242 e. The third kappa shape index (κ3) is 2.91. The second-order valence-electron chi connectivity index (χ2n) is 4.84. The van der Waals surface area contributed by atoms with E-state index < -0.39 is 0 Å². The van der Waals surface area contributed by atoms with Crippen LogP contribution in [-0.2, 0) is 11.3 Å². The summed E-state index contributed by atoms with van der Waals surface area (Å²) in [6.07, 6.45) is 4.66. The van der Waals surface area contributed by atoms with Gasteiger partial charge in [-0.25, -0.2) is 4.98 Å². The highest BCUT2D eigenvalue weighted by atomic mass is 32.1. The Kier molecular flexibility index (Phi) is 4.13. The predicted molar refractivity (Wildman–Crippen MR) is 79.6 cm³/mol. The van der Waals surface area contributed by atoms with Crippen molar-refractivity contribution in [1.29, 1.82) is 0 Å². The highest BCUT2D eigenvalue weighted by Crippen LogP contribution is 2.22. The quantitative estimate of drug-likeness (QED) is 0.930. The van der Waals surface area contributed by atoms with Crippen LogP contribution in [0.25, 0.3) is 10.7 Å². The van der Waals surface area contributed by atoms with Gasteiger partial charge in [0, 0.05) is 32.0 Å². The fourth-order valence-corrected chi connectivity index (χ4v) is 3.14. The SMILES string of the molecule is O=C(Cn1ccnc1-c1cccs1)N1CCCNCC1. The van der Waals surface area contributed by atoms with Gasteiger partial charge < -0.3 is 14.8 Å². The average molecular weight is 290 g/mol. The van der Waals surface area contributed by atoms with Crippen LogP contribution in [0, 0.1) is 0 Å². The Balaban J connectivity index is 1.71. The van der Waals surface area contributed by atoms with Gasteiger partial charge in [-0.05, 0) is 24.4 Å². The van der Waals surface area contributed by atoms with Crippen molar-refractivity contribution in [3.8, 4) is 10.7 Å². The average Bonchev–Trinajstić information content (AvgIpc) is 3.04. The Hall–Kier alpha value is -1.66. The van der Waals surface area contributed by atoms with Crippen molar-refractivity contribution in [3.63, 3.8) is 0 Å². The first-order valence-electron chi connectivity index (χ1n) is 6.88. The first-order valence-corrected chi connectivity index (χ1v) is 7.76. The molecule has 1 aliphatic rings. The number of imidazole rings is 1. The third-order valence-electron chi connectivity index (χ3n) is 3.46. The Morgan fingerprint density at radius 3 is 3.20 bits per heavy atom. The van der Waals surface area contributed by atoms with Gasteiger partial charge in [0.25, 0.3) is 0 Å². The van der Waals surface area contributed by atoms with E-state index in [4.69, 9.17) is 0 Å². The summed E-state index contributed by atoms with van der Waals surface area (Å²) in [6, 6.07) is 4.03. The van der Waals surface area contributed by atoms with Crippen molar-refractivity contribution in [2.24, 2.45) is 0 Å². The first kappa shape index (κ1) is 13.3. The summed E-state index contributed by atoms with van der Waals surface area (Å²) in [4.78, 5) is 19.8. The Morgan fingerprint density at radius 2 is 2.35 bits per heavy atom. The van der Waals surface area contributed by atoms with Crippen LogP contribution in [-0.4, -0.2) is 46.5 Å². The third-order valence-corrected chi connectivity index (χ3v) is 4.32. The molecule has 0 aliphatic carbocycles. The molecule has 0 aromatic carbocycles. The van der Waals surface area contributed by atoms with Crippen LogP contribution in [0.15, 0.2) is 29.9 Å². The summed E-state index contributed by atoms with van der Waals surface area (Å²) in [7, 11) is 0. The molecule has 2 aromatic heterocycles. The maximum absolute atomic E-state index is 12.4. The van der Waals surface area contributed by atoms with Crippen molar-refractivity contribution < 1.29 is 4.79 Å². The van der Waals surface area contributed by atoms with E-state index in [9.17, 15) is 4.79 Å². The van der Waals surface area contributed by atoms with Gasteiger partial charge in [-0.1, -0.05) is 6.07 Å². The van der Waals surface area contributed by atoms with Crippen molar-refractivity contribution in [1.82, 2.24) is 19.8 Å². The van der Waals surface area contributed by atoms with Crippen molar-refractivity contribution in [2.45, 2.75) is 13.0 Å². The molecule has 1 aliphatic heterocycles. The van der Waals surface area contributed by atoms with Crippen molar-refractivity contribution in [2.75, 3.05) is 26.2 Å². The largest absolute Gasteiger partial charge is 0.340 e. The molecule has 1 fully saturated rings. The number of amides is 1. The molecule has 2 aromatic rings. The monoisotopic (exact) mass is 290 g/mol. The number of carbonyl (C=O) groups is 1. The molecule has 3 heterocycles. The molecule has 0 unspecified atom stereocenters. The summed E-state index contributed by atoms with van der Waals surface area (Å²) in [5, 5.41) is 5.34. The van der Waals surface area contributed by atoms with Gasteiger partial charge in [0.2, 0.25) is 5.91 Å². The lowest BCUT2D eigenvalue weighted by molar-refractivity contribution is -0.131. The molecule has 106 valence electrons. The summed E-state index contributed by atoms with van der Waals surface area (Å²) in [6.45, 7) is 3.88. The van der Waals surface area contributed by atoms with Crippen molar-refractivity contribution in [3.05, 3.63) is 29.9 Å². The minimum Gasteiger partial charge on any atom is -0.340 e. The smallest absolute Gasteiger partial charge is 0.242 e. The number of thiophene rings is 1. The van der Waals surface area contributed by atoms with Crippen molar-refractivity contribution >= 4 is 17.2 Å². The molecule has 3 rings (SSSR count). The number of nitrogens with zero attached hydrogens (tertiary/aromatic N) is 3. The zero-order chi connectivity index (χ0) is 13.8. The van der Waals surface area contributed by atoms with Crippen LogP contribution in [0.1, 0.15) is 6.42 Å². The number of aromatic nitrogens is 2. The number of hydrogen-bond acceptors (Lipinski definition) is 4. The van der Waals surface area contributed by atoms with E-state index in [1.807, 2.05) is 33.2 Å². The van der Waals surface area contributed by atoms with Gasteiger partial charge in [-0.2, -0.15) is 0 Å². The molecule has 0 saturated carbocycles. The van der Waals surface area contributed by atoms with E-state index in [0.29, 0.717) is 6.54 Å². The van der Waals surface area contributed by atoms with E-state index in [-0.39, 0.29) is 5.91 Å². The maximum atomic E-state index is 12.4. The van der Waals surface area contributed by atoms with Gasteiger partial charge in [0.05, 0.1) is 4.88 Å². The summed E-state index contributed by atoms with van der Waals surface area (Å²) >= 11 is 1.64. The molecule has 6 heteroatoms. The van der Waals surface area contributed by atoms with Crippen LogP contribution in [0.4, 0.5) is 0 Å². The van der Waals surface area contributed by atoms with Gasteiger partial charge >= 0.3 is 0 Å². The molecular weight excluding hydrogens is 272 g/mol. The summed E-state index contributed by atoms with van der Waals surface area (Å²) < 4.78 is 1.94. The molecule has 1 amide bonds. The van der Waals surface area contributed by atoms with Crippen LogP contribution in [0.3, 0.4) is 0 Å². The fourth-order valence-electron chi connectivity index (χ4n) is 2.41. The van der Waals surface area contributed by atoms with Crippen LogP contribution in [0.5, 0.6) is 0 Å². The molecule has 5 nitrogen and oxygen atoms in total. The van der Waals surface area contributed by atoms with E-state index in [0.717, 1.165) is 43.3 Å². The number of hydrogen-bond donors (Lipinski definition) is 1. The summed E-state index contributed by atoms with van der Waals surface area (Å²) in [5.74, 6) is 1.05. The zero-order valence-corrected chi connectivity index (χ0v) is 12.1. The Bertz CT molecular complexity index is 556. The van der Waals surface area contributed by atoms with E-state index in [1.54, 1.807) is 17.5 Å². The number of carbonyl (C=O) groups excluding carboxylic acids is 1. The molecule has 0 spiro atoms. The normalized spacial score (nSPS) is 16.1. The predicted octanol–water partition coefficient (Wildman–Crippen LogP) is 1.43. The number of rotatable bonds is 3. The minimum absolute atomic E-state index is 0.171. The zero-order valence-electron chi connectivity index (χ0n) is 11.3. The van der Waals surface area contributed by atoms with E-state index >= 15 is 0 Å². The molecule has 20 heavy (non-hydrogen) atoms. The van der Waals surface area contributed by atoms with Crippen LogP contribution < -0.4 is 5.32 Å². The molecular formula is C14H18N4OS. The first-order chi connectivity index (χ1) is 9.84. The number of nitrogens with one attached hydrogen (secondary N) is 1. The second-order valence-corrected chi connectivity index (χ2v) is 5.79. The fraction of sp³-hybridized carbons (Fsp3) is 0.429. The lowest BCUT2D eigenvalue weighted by Crippen LogP contribution is -2.36. The highest BCUT2D eigenvalue weighted by molar-refractivity contribution is 7.13. The van der Waals surface area contributed by atoms with Gasteiger partial charge in [0.15, 0.2) is 0 Å². The molecule has 1 saturated heterocycles.